The monoisotopic (exact) mass is 276 g/mol. The quantitative estimate of drug-likeness (QED) is 0.867. The third-order valence-electron chi connectivity index (χ3n) is 3.90. The molecule has 0 radical (unpaired) electrons. The van der Waals surface area contributed by atoms with Crippen molar-refractivity contribution >= 4 is 17.3 Å². The lowest BCUT2D eigenvalue weighted by atomic mass is 9.94. The first-order valence-corrected chi connectivity index (χ1v) is 7.31. The van der Waals surface area contributed by atoms with Gasteiger partial charge in [0.05, 0.1) is 5.41 Å². The van der Waals surface area contributed by atoms with Crippen molar-refractivity contribution in [1.82, 2.24) is 0 Å². The molecule has 20 heavy (non-hydrogen) atoms. The number of hydrogen-bond donors (Lipinski definition) is 2. The highest BCUT2D eigenvalue weighted by molar-refractivity contribution is 5.74. The van der Waals surface area contributed by atoms with Gasteiger partial charge >= 0.3 is 5.97 Å². The Morgan fingerprint density at radius 2 is 1.80 bits per heavy atom. The van der Waals surface area contributed by atoms with E-state index in [1.807, 2.05) is 12.1 Å². The van der Waals surface area contributed by atoms with Gasteiger partial charge in [-0.3, -0.25) is 4.79 Å². The molecule has 1 fully saturated rings. The SMILES string of the molecule is CC(C)(CNc1ccc(N2CCCCC2)cc1)C(=O)O. The van der Waals surface area contributed by atoms with Crippen LogP contribution in [0.25, 0.3) is 0 Å². The zero-order chi connectivity index (χ0) is 14.6. The van der Waals surface area contributed by atoms with Crippen LogP contribution in [0.4, 0.5) is 11.4 Å². The molecule has 4 nitrogen and oxygen atoms in total. The van der Waals surface area contributed by atoms with Crippen LogP contribution in [0.1, 0.15) is 33.1 Å². The molecule has 0 spiro atoms. The van der Waals surface area contributed by atoms with Gasteiger partial charge in [0, 0.05) is 31.0 Å². The average Bonchev–Trinajstić information content (AvgIpc) is 2.46. The normalized spacial score (nSPS) is 16.0. The van der Waals surface area contributed by atoms with E-state index in [1.54, 1.807) is 13.8 Å². The summed E-state index contributed by atoms with van der Waals surface area (Å²) < 4.78 is 0. The number of aliphatic carboxylic acids is 1. The van der Waals surface area contributed by atoms with Crippen molar-refractivity contribution < 1.29 is 9.90 Å². The second-order valence-corrected chi connectivity index (χ2v) is 6.14. The topological polar surface area (TPSA) is 52.6 Å². The molecule has 0 amide bonds. The van der Waals surface area contributed by atoms with Gasteiger partial charge in [-0.1, -0.05) is 0 Å². The van der Waals surface area contributed by atoms with Crippen LogP contribution in [0.5, 0.6) is 0 Å². The van der Waals surface area contributed by atoms with Crippen LogP contribution in [0.15, 0.2) is 24.3 Å². The Kier molecular flexibility index (Phi) is 4.53. The van der Waals surface area contributed by atoms with E-state index in [9.17, 15) is 4.79 Å². The summed E-state index contributed by atoms with van der Waals surface area (Å²) in [6.07, 6.45) is 3.88. The smallest absolute Gasteiger partial charge is 0.310 e. The molecule has 0 bridgehead atoms. The molecule has 0 aliphatic carbocycles. The molecule has 4 heteroatoms. The molecule has 0 saturated carbocycles. The highest BCUT2D eigenvalue weighted by Crippen LogP contribution is 2.23. The summed E-state index contributed by atoms with van der Waals surface area (Å²) in [5, 5.41) is 12.3. The largest absolute Gasteiger partial charge is 0.481 e. The van der Waals surface area contributed by atoms with E-state index < -0.39 is 11.4 Å². The van der Waals surface area contributed by atoms with Gasteiger partial charge in [-0.15, -0.1) is 0 Å². The van der Waals surface area contributed by atoms with E-state index in [0.717, 1.165) is 18.8 Å². The number of benzene rings is 1. The van der Waals surface area contributed by atoms with E-state index in [0.29, 0.717) is 6.54 Å². The van der Waals surface area contributed by atoms with Gasteiger partial charge in [0.25, 0.3) is 0 Å². The van der Waals surface area contributed by atoms with Gasteiger partial charge in [-0.05, 0) is 57.4 Å². The molecule has 0 atom stereocenters. The predicted molar refractivity (Wildman–Crippen MR) is 82.4 cm³/mol. The van der Waals surface area contributed by atoms with Gasteiger partial charge in [0.15, 0.2) is 0 Å². The molecule has 0 unspecified atom stereocenters. The summed E-state index contributed by atoms with van der Waals surface area (Å²) in [5.41, 5.74) is 1.47. The molecule has 1 heterocycles. The Labute approximate surface area is 120 Å². The van der Waals surface area contributed by atoms with Gasteiger partial charge in [-0.25, -0.2) is 0 Å². The van der Waals surface area contributed by atoms with Crippen LogP contribution < -0.4 is 10.2 Å². The van der Waals surface area contributed by atoms with Crippen LogP contribution in [-0.2, 0) is 4.79 Å². The molecular weight excluding hydrogens is 252 g/mol. The Morgan fingerprint density at radius 1 is 1.20 bits per heavy atom. The number of piperidine rings is 1. The number of anilines is 2. The summed E-state index contributed by atoms with van der Waals surface area (Å²) in [7, 11) is 0. The fraction of sp³-hybridized carbons (Fsp3) is 0.562. The number of carboxylic acid groups (broad SMARTS) is 1. The van der Waals surface area contributed by atoms with Crippen LogP contribution in [-0.4, -0.2) is 30.7 Å². The fourth-order valence-corrected chi connectivity index (χ4v) is 2.34. The highest BCUT2D eigenvalue weighted by Gasteiger charge is 2.26. The minimum atomic E-state index is -0.782. The zero-order valence-corrected chi connectivity index (χ0v) is 12.4. The Hall–Kier alpha value is -1.71. The third-order valence-corrected chi connectivity index (χ3v) is 3.90. The summed E-state index contributed by atoms with van der Waals surface area (Å²) in [4.78, 5) is 13.5. The fourth-order valence-electron chi connectivity index (χ4n) is 2.34. The predicted octanol–water partition coefficient (Wildman–Crippen LogP) is 3.20. The lowest BCUT2D eigenvalue weighted by molar-refractivity contribution is -0.146. The van der Waals surface area contributed by atoms with Gasteiger partial charge in [0.1, 0.15) is 0 Å². The number of nitrogens with zero attached hydrogens (tertiary/aromatic N) is 1. The second-order valence-electron chi connectivity index (χ2n) is 6.14. The van der Waals surface area contributed by atoms with Gasteiger partial charge < -0.3 is 15.3 Å². The zero-order valence-electron chi connectivity index (χ0n) is 12.4. The second kappa shape index (κ2) is 6.16. The molecule has 1 aromatic rings. The number of hydrogen-bond acceptors (Lipinski definition) is 3. The van der Waals surface area contributed by atoms with Crippen molar-refractivity contribution in [3.8, 4) is 0 Å². The minimum absolute atomic E-state index is 0.422. The molecule has 2 N–H and O–H groups in total. The van der Waals surface area contributed by atoms with E-state index in [4.69, 9.17) is 5.11 Å². The van der Waals surface area contributed by atoms with E-state index in [-0.39, 0.29) is 0 Å². The first-order valence-electron chi connectivity index (χ1n) is 7.31. The molecule has 2 rings (SSSR count). The Bertz CT molecular complexity index is 448. The van der Waals surface area contributed by atoms with Gasteiger partial charge in [-0.2, -0.15) is 0 Å². The maximum atomic E-state index is 11.1. The van der Waals surface area contributed by atoms with Crippen molar-refractivity contribution in [3.05, 3.63) is 24.3 Å². The van der Waals surface area contributed by atoms with E-state index in [2.05, 4.69) is 22.3 Å². The molecule has 1 aliphatic rings. The maximum Gasteiger partial charge on any atom is 0.310 e. The van der Waals surface area contributed by atoms with Crippen molar-refractivity contribution in [2.45, 2.75) is 33.1 Å². The lowest BCUT2D eigenvalue weighted by Crippen LogP contribution is -2.31. The third kappa shape index (κ3) is 3.65. The molecule has 1 saturated heterocycles. The highest BCUT2D eigenvalue weighted by atomic mass is 16.4. The lowest BCUT2D eigenvalue weighted by Gasteiger charge is -2.29. The van der Waals surface area contributed by atoms with Crippen LogP contribution in [0, 0.1) is 5.41 Å². The summed E-state index contributed by atoms with van der Waals surface area (Å²) in [6.45, 7) is 6.15. The van der Waals surface area contributed by atoms with Crippen molar-refractivity contribution in [3.63, 3.8) is 0 Å². The first-order chi connectivity index (χ1) is 9.49. The average molecular weight is 276 g/mol. The number of rotatable bonds is 5. The Morgan fingerprint density at radius 3 is 2.35 bits per heavy atom. The number of carboxylic acids is 1. The molecule has 0 aromatic heterocycles. The molecule has 110 valence electrons. The maximum absolute atomic E-state index is 11.1. The Balaban J connectivity index is 1.93. The summed E-state index contributed by atoms with van der Waals surface area (Å²) in [6, 6.07) is 8.28. The molecule has 1 aliphatic heterocycles. The van der Waals surface area contributed by atoms with Crippen molar-refractivity contribution in [2.24, 2.45) is 5.41 Å². The minimum Gasteiger partial charge on any atom is -0.481 e. The number of carbonyl (C=O) groups is 1. The van der Waals surface area contributed by atoms with E-state index >= 15 is 0 Å². The molecule has 1 aromatic carbocycles. The van der Waals surface area contributed by atoms with E-state index in [1.165, 1.54) is 24.9 Å². The standard InChI is InChI=1S/C16H24N2O2/c1-16(2,15(19)20)12-17-13-6-8-14(9-7-13)18-10-4-3-5-11-18/h6-9,17H,3-5,10-12H2,1-2H3,(H,19,20). The molecular formula is C16H24N2O2. The first kappa shape index (κ1) is 14.7. The summed E-state index contributed by atoms with van der Waals surface area (Å²) >= 11 is 0. The number of nitrogens with one attached hydrogen (secondary N) is 1. The van der Waals surface area contributed by atoms with Crippen LogP contribution >= 0.6 is 0 Å². The summed E-state index contributed by atoms with van der Waals surface area (Å²) in [5.74, 6) is -0.782. The van der Waals surface area contributed by atoms with Gasteiger partial charge in [0.2, 0.25) is 0 Å². The van der Waals surface area contributed by atoms with Crippen molar-refractivity contribution in [1.29, 1.82) is 0 Å². The van der Waals surface area contributed by atoms with Crippen LogP contribution in [0.2, 0.25) is 0 Å². The van der Waals surface area contributed by atoms with Crippen LogP contribution in [0.3, 0.4) is 0 Å². The van der Waals surface area contributed by atoms with Crippen molar-refractivity contribution in [2.75, 3.05) is 29.9 Å².